The maximum atomic E-state index is 9.83. The Morgan fingerprint density at radius 1 is 1.35 bits per heavy atom. The molecule has 1 fully saturated rings. The number of hydrogen-bond donors (Lipinski definition) is 1. The molecule has 1 aliphatic rings. The van der Waals surface area contributed by atoms with Crippen LogP contribution >= 0.6 is 12.4 Å². The first-order valence-corrected chi connectivity index (χ1v) is 6.05. The highest BCUT2D eigenvalue weighted by Gasteiger charge is 2.19. The molecule has 4 heteroatoms. The van der Waals surface area contributed by atoms with Crippen LogP contribution in [0, 0.1) is 12.3 Å². The quantitative estimate of drug-likeness (QED) is 0.765. The fourth-order valence-corrected chi connectivity index (χ4v) is 1.84. The van der Waals surface area contributed by atoms with Crippen molar-refractivity contribution in [2.24, 2.45) is 0 Å². The van der Waals surface area contributed by atoms with E-state index < -0.39 is 11.7 Å². The molecule has 3 nitrogen and oxygen atoms in total. The van der Waals surface area contributed by atoms with Gasteiger partial charge in [-0.2, -0.15) is 0 Å². The van der Waals surface area contributed by atoms with Gasteiger partial charge >= 0.3 is 0 Å². The number of rotatable bonds is 5. The topological polar surface area (TPSA) is 32.7 Å². The van der Waals surface area contributed by atoms with Gasteiger partial charge in [0.05, 0.1) is 12.7 Å². The summed E-state index contributed by atoms with van der Waals surface area (Å²) in [5.41, 5.74) is -0.580. The van der Waals surface area contributed by atoms with Gasteiger partial charge in [-0.1, -0.05) is 12.3 Å². The second-order valence-corrected chi connectivity index (χ2v) is 4.98. The van der Waals surface area contributed by atoms with Crippen molar-refractivity contribution < 1.29 is 9.84 Å². The van der Waals surface area contributed by atoms with Gasteiger partial charge in [-0.15, -0.1) is 18.8 Å². The molecule has 0 radical (unpaired) electrons. The van der Waals surface area contributed by atoms with Crippen LogP contribution in [0.5, 0.6) is 0 Å². The van der Waals surface area contributed by atoms with Crippen molar-refractivity contribution in [2.75, 3.05) is 26.2 Å². The van der Waals surface area contributed by atoms with Crippen LogP contribution in [0.1, 0.15) is 33.1 Å². The van der Waals surface area contributed by atoms with Crippen molar-refractivity contribution in [3.8, 4) is 12.3 Å². The minimum absolute atomic E-state index is 0. The molecule has 0 aromatic rings. The number of halogens is 1. The lowest BCUT2D eigenvalue weighted by atomic mass is 10.1. The van der Waals surface area contributed by atoms with Gasteiger partial charge in [0.15, 0.2) is 0 Å². The first-order valence-electron chi connectivity index (χ1n) is 6.05. The predicted octanol–water partition coefficient (Wildman–Crippen LogP) is 1.68. The first kappa shape index (κ1) is 16.7. The maximum Gasteiger partial charge on any atom is 0.122 e. The van der Waals surface area contributed by atoms with Gasteiger partial charge in [0.1, 0.15) is 5.60 Å². The molecule has 1 atom stereocenters. The van der Waals surface area contributed by atoms with E-state index in [1.54, 1.807) is 0 Å². The number of nitrogens with zero attached hydrogens (tertiary/aromatic N) is 1. The van der Waals surface area contributed by atoms with E-state index in [9.17, 15) is 5.11 Å². The molecule has 17 heavy (non-hydrogen) atoms. The van der Waals surface area contributed by atoms with E-state index in [0.29, 0.717) is 13.2 Å². The SMILES string of the molecule is C#CC(C)(C)OCC(O)CN1CCCCC1.Cl. The summed E-state index contributed by atoms with van der Waals surface area (Å²) in [7, 11) is 0. The van der Waals surface area contributed by atoms with Crippen LogP contribution in [0.25, 0.3) is 0 Å². The van der Waals surface area contributed by atoms with Gasteiger partial charge < -0.3 is 14.7 Å². The number of aliphatic hydroxyl groups is 1. The summed E-state index contributed by atoms with van der Waals surface area (Å²) < 4.78 is 5.47. The molecule has 1 aliphatic heterocycles. The predicted molar refractivity (Wildman–Crippen MR) is 72.4 cm³/mol. The highest BCUT2D eigenvalue weighted by atomic mass is 35.5. The van der Waals surface area contributed by atoms with Crippen molar-refractivity contribution in [3.05, 3.63) is 0 Å². The number of terminal acetylenes is 1. The molecule has 0 aromatic carbocycles. The molecule has 1 N–H and O–H groups in total. The molecule has 0 amide bonds. The van der Waals surface area contributed by atoms with Crippen LogP contribution < -0.4 is 0 Å². The van der Waals surface area contributed by atoms with Gasteiger partial charge in [-0.05, 0) is 39.8 Å². The smallest absolute Gasteiger partial charge is 0.122 e. The zero-order valence-electron chi connectivity index (χ0n) is 10.8. The normalized spacial score (nSPS) is 19.2. The number of ether oxygens (including phenoxy) is 1. The van der Waals surface area contributed by atoms with Gasteiger partial charge in [0, 0.05) is 6.54 Å². The molecule has 0 aromatic heterocycles. The van der Waals surface area contributed by atoms with Crippen LogP contribution in [-0.2, 0) is 4.74 Å². The third-order valence-electron chi connectivity index (χ3n) is 2.90. The molecular formula is C13H24ClNO2. The Morgan fingerprint density at radius 2 is 1.94 bits per heavy atom. The number of hydrogen-bond acceptors (Lipinski definition) is 3. The summed E-state index contributed by atoms with van der Waals surface area (Å²) in [6, 6.07) is 0. The van der Waals surface area contributed by atoms with Crippen LogP contribution in [0.2, 0.25) is 0 Å². The summed E-state index contributed by atoms with van der Waals surface area (Å²) in [6.45, 7) is 6.86. The lowest BCUT2D eigenvalue weighted by Gasteiger charge is -2.29. The molecular weight excluding hydrogens is 238 g/mol. The Morgan fingerprint density at radius 3 is 2.47 bits per heavy atom. The standard InChI is InChI=1S/C13H23NO2.ClH/c1-4-13(2,3)16-11-12(15)10-14-8-6-5-7-9-14;/h1,12,15H,5-11H2,2-3H3;1H. The molecule has 0 saturated carbocycles. The van der Waals surface area contributed by atoms with Crippen LogP contribution in [0.4, 0.5) is 0 Å². The average molecular weight is 262 g/mol. The maximum absolute atomic E-state index is 9.83. The van der Waals surface area contributed by atoms with E-state index in [1.165, 1.54) is 19.3 Å². The highest BCUT2D eigenvalue weighted by molar-refractivity contribution is 5.85. The Hall–Kier alpha value is -0.270. The van der Waals surface area contributed by atoms with Gasteiger partial charge in [0.25, 0.3) is 0 Å². The summed E-state index contributed by atoms with van der Waals surface area (Å²) in [5, 5.41) is 9.83. The third-order valence-corrected chi connectivity index (χ3v) is 2.90. The largest absolute Gasteiger partial charge is 0.389 e. The Balaban J connectivity index is 0.00000256. The fraction of sp³-hybridized carbons (Fsp3) is 0.846. The van der Waals surface area contributed by atoms with Gasteiger partial charge in [0.2, 0.25) is 0 Å². The van der Waals surface area contributed by atoms with Crippen molar-refractivity contribution in [3.63, 3.8) is 0 Å². The number of likely N-dealkylation sites (tertiary alicyclic amines) is 1. The first-order chi connectivity index (χ1) is 7.53. The molecule has 1 rings (SSSR count). The molecule has 100 valence electrons. The average Bonchev–Trinajstić information content (AvgIpc) is 2.28. The van der Waals surface area contributed by atoms with E-state index >= 15 is 0 Å². The zero-order valence-corrected chi connectivity index (χ0v) is 11.6. The summed E-state index contributed by atoms with van der Waals surface area (Å²) in [6.07, 6.45) is 8.66. The minimum Gasteiger partial charge on any atom is -0.389 e. The second-order valence-electron chi connectivity index (χ2n) is 4.98. The van der Waals surface area contributed by atoms with Crippen molar-refractivity contribution in [2.45, 2.75) is 44.8 Å². The molecule has 0 spiro atoms. The van der Waals surface area contributed by atoms with Gasteiger partial charge in [-0.3, -0.25) is 0 Å². The molecule has 1 saturated heterocycles. The number of β-amino-alcohol motifs (C(OH)–C–C–N with tert-alkyl or cyclic N) is 1. The Kier molecular flexibility index (Phi) is 7.82. The summed E-state index contributed by atoms with van der Waals surface area (Å²) in [5.74, 6) is 2.55. The van der Waals surface area contributed by atoms with E-state index in [2.05, 4.69) is 10.8 Å². The van der Waals surface area contributed by atoms with E-state index in [0.717, 1.165) is 13.1 Å². The number of aliphatic hydroxyl groups excluding tert-OH is 1. The van der Waals surface area contributed by atoms with E-state index in [4.69, 9.17) is 11.2 Å². The van der Waals surface area contributed by atoms with Crippen LogP contribution in [-0.4, -0.2) is 48.0 Å². The van der Waals surface area contributed by atoms with Crippen LogP contribution in [0.3, 0.4) is 0 Å². The molecule has 1 heterocycles. The molecule has 0 aliphatic carbocycles. The lowest BCUT2D eigenvalue weighted by Crippen LogP contribution is -2.39. The summed E-state index contributed by atoms with van der Waals surface area (Å²) in [4.78, 5) is 2.29. The third kappa shape index (κ3) is 6.90. The van der Waals surface area contributed by atoms with Crippen molar-refractivity contribution in [1.29, 1.82) is 0 Å². The van der Waals surface area contributed by atoms with E-state index in [1.807, 2.05) is 13.8 Å². The monoisotopic (exact) mass is 261 g/mol. The van der Waals surface area contributed by atoms with Gasteiger partial charge in [-0.25, -0.2) is 0 Å². The van der Waals surface area contributed by atoms with Crippen LogP contribution in [0.15, 0.2) is 0 Å². The Labute approximate surface area is 111 Å². The lowest BCUT2D eigenvalue weighted by molar-refractivity contribution is -0.0386. The van der Waals surface area contributed by atoms with Crippen molar-refractivity contribution >= 4 is 12.4 Å². The highest BCUT2D eigenvalue weighted by Crippen LogP contribution is 2.11. The zero-order chi connectivity index (χ0) is 12.0. The summed E-state index contributed by atoms with van der Waals surface area (Å²) >= 11 is 0. The minimum atomic E-state index is -0.580. The fourth-order valence-electron chi connectivity index (χ4n) is 1.84. The Bertz CT molecular complexity index is 244. The number of piperidine rings is 1. The second kappa shape index (κ2) is 7.94. The molecule has 0 bridgehead atoms. The van der Waals surface area contributed by atoms with E-state index in [-0.39, 0.29) is 12.4 Å². The van der Waals surface area contributed by atoms with Crippen molar-refractivity contribution in [1.82, 2.24) is 4.90 Å². The molecule has 1 unspecified atom stereocenters.